The highest BCUT2D eigenvalue weighted by molar-refractivity contribution is 14.1. The van der Waals surface area contributed by atoms with Gasteiger partial charge in [0, 0.05) is 15.4 Å². The van der Waals surface area contributed by atoms with E-state index in [0.29, 0.717) is 12.2 Å². The molecule has 0 aliphatic heterocycles. The van der Waals surface area contributed by atoms with Crippen LogP contribution in [0.3, 0.4) is 0 Å². The van der Waals surface area contributed by atoms with E-state index >= 15 is 0 Å². The van der Waals surface area contributed by atoms with Crippen molar-refractivity contribution in [3.63, 3.8) is 0 Å². The van der Waals surface area contributed by atoms with Crippen molar-refractivity contribution < 1.29 is 19.1 Å². The lowest BCUT2D eigenvalue weighted by Crippen LogP contribution is -2.09. The zero-order chi connectivity index (χ0) is 15.1. The van der Waals surface area contributed by atoms with Crippen LogP contribution in [0.5, 0.6) is 5.75 Å². The largest absolute Gasteiger partial charge is 0.456 e. The summed E-state index contributed by atoms with van der Waals surface area (Å²) in [4.78, 5) is 22.7. The lowest BCUT2D eigenvalue weighted by Gasteiger charge is -2.06. The molecule has 7 heteroatoms. The van der Waals surface area contributed by atoms with Crippen LogP contribution in [0.1, 0.15) is 13.3 Å². The maximum Gasteiger partial charge on any atom is 0.390 e. The van der Waals surface area contributed by atoms with Gasteiger partial charge < -0.3 is 9.47 Å². The highest BCUT2D eigenvalue weighted by atomic mass is 127. The highest BCUT2D eigenvalue weighted by Gasteiger charge is 2.11. The van der Waals surface area contributed by atoms with Crippen molar-refractivity contribution in [2.45, 2.75) is 13.3 Å². The van der Waals surface area contributed by atoms with E-state index in [4.69, 9.17) is 9.47 Å². The number of hydrogen-bond donors (Lipinski definition) is 0. The molecular formula is C13H9I3O4. The molecule has 0 spiro atoms. The Kier molecular flexibility index (Phi) is 8.11. The average Bonchev–Trinajstić information content (AvgIpc) is 2.38. The van der Waals surface area contributed by atoms with Gasteiger partial charge in [-0.3, -0.25) is 0 Å². The number of ether oxygens (including phenoxy) is 2. The molecule has 1 aromatic rings. The minimum Gasteiger partial charge on any atom is -0.456 e. The summed E-state index contributed by atoms with van der Waals surface area (Å²) < 4.78 is 12.5. The number of esters is 2. The Labute approximate surface area is 157 Å². The van der Waals surface area contributed by atoms with Crippen LogP contribution in [0.4, 0.5) is 0 Å². The molecule has 4 nitrogen and oxygen atoms in total. The fraction of sp³-hybridized carbons (Fsp3) is 0.231. The lowest BCUT2D eigenvalue weighted by molar-refractivity contribution is -0.137. The Bertz CT molecular complexity index is 564. The van der Waals surface area contributed by atoms with Gasteiger partial charge in [0.15, 0.2) is 5.75 Å². The van der Waals surface area contributed by atoms with E-state index in [2.05, 4.69) is 79.6 Å². The smallest absolute Gasteiger partial charge is 0.390 e. The zero-order valence-corrected chi connectivity index (χ0v) is 16.8. The fourth-order valence-corrected chi connectivity index (χ4v) is 4.88. The summed E-state index contributed by atoms with van der Waals surface area (Å²) in [6.45, 7) is 2.16. The first-order valence-electron chi connectivity index (χ1n) is 5.49. The Hall–Kier alpha value is -0.0900. The molecule has 0 N–H and O–H groups in total. The normalized spacial score (nSPS) is 9.40. The number of halogens is 3. The highest BCUT2D eigenvalue weighted by Crippen LogP contribution is 2.29. The van der Waals surface area contributed by atoms with Gasteiger partial charge in [-0.05, 0) is 86.3 Å². The molecule has 0 saturated heterocycles. The first-order chi connectivity index (χ1) is 9.43. The van der Waals surface area contributed by atoms with E-state index in [1.54, 1.807) is 0 Å². The van der Waals surface area contributed by atoms with E-state index < -0.39 is 11.9 Å². The molecule has 0 atom stereocenters. The van der Waals surface area contributed by atoms with Crippen LogP contribution in [0.25, 0.3) is 0 Å². The Morgan fingerprint density at radius 1 is 1.10 bits per heavy atom. The van der Waals surface area contributed by atoms with Gasteiger partial charge in [0.1, 0.15) is 0 Å². The van der Waals surface area contributed by atoms with Crippen molar-refractivity contribution in [3.8, 4) is 17.6 Å². The molecule has 0 aliphatic carbocycles. The molecule has 0 radical (unpaired) electrons. The monoisotopic (exact) mass is 610 g/mol. The molecule has 0 saturated carbocycles. The summed E-state index contributed by atoms with van der Waals surface area (Å²) >= 11 is 6.34. The van der Waals surface area contributed by atoms with Crippen molar-refractivity contribution in [3.05, 3.63) is 22.8 Å². The van der Waals surface area contributed by atoms with Crippen LogP contribution in [0, 0.1) is 22.6 Å². The standard InChI is InChI=1S/C13H9I3O4/c1-2-5-19-11(17)3-4-12(18)20-13-9(15)6-8(14)7-10(13)16/h6-7H,2,5H2,1H3. The number of carbonyl (C=O) groups excluding carboxylic acids is 2. The van der Waals surface area contributed by atoms with Crippen LogP contribution in [-0.4, -0.2) is 18.5 Å². The molecule has 0 aromatic heterocycles. The molecule has 106 valence electrons. The topological polar surface area (TPSA) is 52.6 Å². The van der Waals surface area contributed by atoms with Crippen LogP contribution in [0.15, 0.2) is 12.1 Å². The van der Waals surface area contributed by atoms with E-state index in [-0.39, 0.29) is 6.61 Å². The predicted octanol–water partition coefficient (Wildman–Crippen LogP) is 3.36. The van der Waals surface area contributed by atoms with Crippen molar-refractivity contribution in [2.75, 3.05) is 6.61 Å². The second-order valence-corrected chi connectivity index (χ2v) is 7.04. The van der Waals surface area contributed by atoms with Crippen molar-refractivity contribution >= 4 is 79.7 Å². The average molecular weight is 610 g/mol. The van der Waals surface area contributed by atoms with Crippen molar-refractivity contribution in [1.82, 2.24) is 0 Å². The van der Waals surface area contributed by atoms with Crippen molar-refractivity contribution in [1.29, 1.82) is 0 Å². The summed E-state index contributed by atoms with van der Waals surface area (Å²) in [6.07, 6.45) is 0.705. The van der Waals surface area contributed by atoms with Gasteiger partial charge in [-0.15, -0.1) is 0 Å². The van der Waals surface area contributed by atoms with E-state index in [1.807, 2.05) is 19.1 Å². The SMILES string of the molecule is CCCOC(=O)C#CC(=O)Oc1c(I)cc(I)cc1I. The van der Waals surface area contributed by atoms with Crippen LogP contribution >= 0.6 is 67.8 Å². The maximum absolute atomic E-state index is 11.6. The summed E-state index contributed by atoms with van der Waals surface area (Å²) in [7, 11) is 0. The van der Waals surface area contributed by atoms with Crippen LogP contribution in [-0.2, 0) is 14.3 Å². The third-order valence-corrected chi connectivity index (χ3v) is 4.09. The van der Waals surface area contributed by atoms with E-state index in [0.717, 1.165) is 10.7 Å². The molecule has 20 heavy (non-hydrogen) atoms. The molecule has 1 rings (SSSR count). The van der Waals surface area contributed by atoms with Gasteiger partial charge in [0.05, 0.1) is 13.7 Å². The minimum atomic E-state index is -0.782. The predicted molar refractivity (Wildman–Crippen MR) is 99.3 cm³/mol. The summed E-state index contributed by atoms with van der Waals surface area (Å²) in [5.74, 6) is 3.15. The molecule has 0 heterocycles. The molecule has 0 fully saturated rings. The van der Waals surface area contributed by atoms with Crippen LogP contribution in [0.2, 0.25) is 0 Å². The fourth-order valence-electron chi connectivity index (χ4n) is 1.08. The van der Waals surface area contributed by atoms with E-state index in [1.165, 1.54) is 0 Å². The van der Waals surface area contributed by atoms with Gasteiger partial charge in [-0.2, -0.15) is 0 Å². The molecular weight excluding hydrogens is 601 g/mol. The second-order valence-electron chi connectivity index (χ2n) is 3.47. The minimum absolute atomic E-state index is 0.287. The number of benzene rings is 1. The Morgan fingerprint density at radius 2 is 1.65 bits per heavy atom. The number of rotatable bonds is 3. The Balaban J connectivity index is 2.73. The quantitative estimate of drug-likeness (QED) is 0.174. The van der Waals surface area contributed by atoms with Gasteiger partial charge in [-0.1, -0.05) is 6.92 Å². The number of hydrogen-bond acceptors (Lipinski definition) is 4. The third-order valence-electron chi connectivity index (χ3n) is 1.86. The summed E-state index contributed by atoms with van der Waals surface area (Å²) in [6, 6.07) is 3.77. The first kappa shape index (κ1) is 18.0. The molecule has 0 unspecified atom stereocenters. The zero-order valence-electron chi connectivity index (χ0n) is 10.3. The lowest BCUT2D eigenvalue weighted by atomic mass is 10.3. The molecule has 0 aliphatic rings. The first-order valence-corrected chi connectivity index (χ1v) is 8.72. The van der Waals surface area contributed by atoms with Gasteiger partial charge in [0.2, 0.25) is 0 Å². The number of carbonyl (C=O) groups is 2. The third kappa shape index (κ3) is 6.13. The molecule has 1 aromatic carbocycles. The Morgan fingerprint density at radius 3 is 2.20 bits per heavy atom. The maximum atomic E-state index is 11.6. The van der Waals surface area contributed by atoms with Gasteiger partial charge in [-0.25, -0.2) is 9.59 Å². The summed E-state index contributed by atoms with van der Waals surface area (Å²) in [5, 5.41) is 0. The van der Waals surface area contributed by atoms with Gasteiger partial charge in [0.25, 0.3) is 0 Å². The molecule has 0 bridgehead atoms. The second kappa shape index (κ2) is 9.04. The molecule has 0 amide bonds. The van der Waals surface area contributed by atoms with Gasteiger partial charge >= 0.3 is 11.9 Å². The van der Waals surface area contributed by atoms with Crippen LogP contribution < -0.4 is 4.74 Å². The van der Waals surface area contributed by atoms with E-state index in [9.17, 15) is 9.59 Å². The van der Waals surface area contributed by atoms with Crippen molar-refractivity contribution in [2.24, 2.45) is 0 Å². The summed E-state index contributed by atoms with van der Waals surface area (Å²) in [5.41, 5.74) is 0.